The van der Waals surface area contributed by atoms with E-state index in [0.717, 1.165) is 29.8 Å². The summed E-state index contributed by atoms with van der Waals surface area (Å²) in [5, 5.41) is 8.63. The number of nitrogens with zero attached hydrogens (tertiary/aromatic N) is 2. The minimum atomic E-state index is -3.58. The van der Waals surface area contributed by atoms with Crippen molar-refractivity contribution in [3.05, 3.63) is 34.3 Å². The minimum absolute atomic E-state index is 0.297. The molecule has 0 amide bonds. The highest BCUT2D eigenvalue weighted by atomic mass is 32.2. The molecule has 1 aliphatic carbocycles. The summed E-state index contributed by atoms with van der Waals surface area (Å²) in [5.41, 5.74) is 2.41. The third kappa shape index (κ3) is 2.69. The lowest BCUT2D eigenvalue weighted by Crippen LogP contribution is -2.14. The van der Waals surface area contributed by atoms with Crippen LogP contribution >= 0.6 is 11.3 Å². The Morgan fingerprint density at radius 2 is 1.90 bits per heavy atom. The Hall–Kier alpha value is -1.47. The number of hydrogen-bond acceptors (Lipinski definition) is 5. The molecule has 0 atom stereocenters. The maximum Gasteiger partial charge on any atom is 0.263 e. The Morgan fingerprint density at radius 1 is 1.15 bits per heavy atom. The molecule has 5 nitrogen and oxygen atoms in total. The van der Waals surface area contributed by atoms with Crippen LogP contribution in [0.25, 0.3) is 0 Å². The molecule has 1 aliphatic rings. The summed E-state index contributed by atoms with van der Waals surface area (Å²) in [6, 6.07) is 5.37. The zero-order valence-electron chi connectivity index (χ0n) is 11.1. The maximum absolute atomic E-state index is 12.3. The Bertz CT molecular complexity index is 738. The van der Waals surface area contributed by atoms with Gasteiger partial charge in [0.05, 0.1) is 4.90 Å². The molecule has 0 aliphatic heterocycles. The molecule has 1 aromatic carbocycles. The molecule has 0 fully saturated rings. The summed E-state index contributed by atoms with van der Waals surface area (Å²) in [4.78, 5) is 0.297. The Kier molecular flexibility index (Phi) is 3.47. The van der Waals surface area contributed by atoms with Crippen molar-refractivity contribution in [1.82, 2.24) is 10.2 Å². The van der Waals surface area contributed by atoms with E-state index in [2.05, 4.69) is 14.9 Å². The normalized spacial score (nSPS) is 14.8. The first kappa shape index (κ1) is 13.5. The quantitative estimate of drug-likeness (QED) is 0.945. The third-order valence-corrected chi connectivity index (χ3v) is 5.60. The average Bonchev–Trinajstić information content (AvgIpc) is 2.83. The number of benzene rings is 1. The van der Waals surface area contributed by atoms with E-state index in [9.17, 15) is 8.42 Å². The summed E-state index contributed by atoms with van der Waals surface area (Å²) in [6.07, 6.45) is 4.30. The van der Waals surface area contributed by atoms with Gasteiger partial charge in [0.1, 0.15) is 5.01 Å². The van der Waals surface area contributed by atoms with Crippen molar-refractivity contribution >= 4 is 26.5 Å². The predicted molar refractivity (Wildman–Crippen MR) is 78.5 cm³/mol. The lowest BCUT2D eigenvalue weighted by atomic mass is 9.92. The Morgan fingerprint density at radius 3 is 2.60 bits per heavy atom. The van der Waals surface area contributed by atoms with Gasteiger partial charge in [0.25, 0.3) is 10.0 Å². The van der Waals surface area contributed by atoms with Crippen LogP contribution in [0.5, 0.6) is 0 Å². The van der Waals surface area contributed by atoms with Gasteiger partial charge in [0.15, 0.2) is 0 Å². The van der Waals surface area contributed by atoms with Gasteiger partial charge in [-0.2, -0.15) is 0 Å². The molecule has 2 aromatic rings. The second-order valence-electron chi connectivity index (χ2n) is 4.87. The molecule has 3 rings (SSSR count). The van der Waals surface area contributed by atoms with Gasteiger partial charge >= 0.3 is 0 Å². The summed E-state index contributed by atoms with van der Waals surface area (Å²) in [7, 11) is -3.58. The van der Waals surface area contributed by atoms with Gasteiger partial charge < -0.3 is 0 Å². The third-order valence-electron chi connectivity index (χ3n) is 3.38. The average molecular weight is 309 g/mol. The van der Waals surface area contributed by atoms with Gasteiger partial charge in [-0.1, -0.05) is 17.4 Å². The maximum atomic E-state index is 12.3. The number of rotatable bonds is 3. The molecular formula is C13H15N3O2S2. The number of fused-ring (bicyclic) bond motifs is 1. The minimum Gasteiger partial charge on any atom is -0.253 e. The van der Waals surface area contributed by atoms with Gasteiger partial charge in [-0.3, -0.25) is 4.72 Å². The lowest BCUT2D eigenvalue weighted by molar-refractivity contribution is 0.600. The largest absolute Gasteiger partial charge is 0.263 e. The number of nitrogens with one attached hydrogen (secondary N) is 1. The fourth-order valence-electron chi connectivity index (χ4n) is 2.39. The highest BCUT2D eigenvalue weighted by molar-refractivity contribution is 7.93. The number of aromatic nitrogens is 2. The van der Waals surface area contributed by atoms with Gasteiger partial charge in [-0.15, -0.1) is 10.2 Å². The van der Waals surface area contributed by atoms with E-state index in [1.165, 1.54) is 23.3 Å². The number of aryl methyl sites for hydroxylation is 3. The first-order valence-corrected chi connectivity index (χ1v) is 8.79. The Balaban J connectivity index is 1.91. The van der Waals surface area contributed by atoms with Gasteiger partial charge in [0.2, 0.25) is 5.13 Å². The molecule has 7 heteroatoms. The van der Waals surface area contributed by atoms with E-state index in [0.29, 0.717) is 10.0 Å². The number of hydrogen-bond donors (Lipinski definition) is 1. The van der Waals surface area contributed by atoms with Crippen molar-refractivity contribution in [2.75, 3.05) is 4.72 Å². The van der Waals surface area contributed by atoms with Crippen LogP contribution in [0.2, 0.25) is 0 Å². The van der Waals surface area contributed by atoms with E-state index in [4.69, 9.17) is 0 Å². The number of anilines is 1. The lowest BCUT2D eigenvalue weighted by Gasteiger charge is -2.16. The molecule has 0 unspecified atom stereocenters. The molecule has 106 valence electrons. The van der Waals surface area contributed by atoms with Crippen LogP contribution in [0.1, 0.15) is 29.0 Å². The highest BCUT2D eigenvalue weighted by Gasteiger charge is 2.19. The van der Waals surface area contributed by atoms with Gasteiger partial charge in [-0.25, -0.2) is 8.42 Å². The van der Waals surface area contributed by atoms with Crippen LogP contribution in [0.3, 0.4) is 0 Å². The molecule has 0 bridgehead atoms. The molecule has 1 aromatic heterocycles. The van der Waals surface area contributed by atoms with Gasteiger partial charge in [0, 0.05) is 0 Å². The van der Waals surface area contributed by atoms with E-state index in [1.54, 1.807) is 19.1 Å². The summed E-state index contributed by atoms with van der Waals surface area (Å²) in [5.74, 6) is 0. The van der Waals surface area contributed by atoms with E-state index in [1.807, 2.05) is 6.07 Å². The van der Waals surface area contributed by atoms with Gasteiger partial charge in [-0.05, 0) is 55.9 Å². The van der Waals surface area contributed by atoms with Crippen LogP contribution in [0.15, 0.2) is 23.1 Å². The SMILES string of the molecule is Cc1nnc(NS(=O)(=O)c2ccc3c(c2)CCCC3)s1. The van der Waals surface area contributed by atoms with Crippen LogP contribution in [-0.2, 0) is 22.9 Å². The molecule has 20 heavy (non-hydrogen) atoms. The topological polar surface area (TPSA) is 72.0 Å². The molecule has 0 spiro atoms. The second kappa shape index (κ2) is 5.14. The van der Waals surface area contributed by atoms with Crippen LogP contribution < -0.4 is 4.72 Å². The smallest absolute Gasteiger partial charge is 0.253 e. The molecule has 0 radical (unpaired) electrons. The van der Waals surface area contributed by atoms with E-state index < -0.39 is 10.0 Å². The zero-order valence-corrected chi connectivity index (χ0v) is 12.7. The van der Waals surface area contributed by atoms with Crippen molar-refractivity contribution in [3.8, 4) is 0 Å². The molecule has 1 heterocycles. The van der Waals surface area contributed by atoms with Crippen molar-refractivity contribution in [2.24, 2.45) is 0 Å². The van der Waals surface area contributed by atoms with Crippen molar-refractivity contribution in [1.29, 1.82) is 0 Å². The zero-order chi connectivity index (χ0) is 14.2. The van der Waals surface area contributed by atoms with Crippen molar-refractivity contribution < 1.29 is 8.42 Å². The highest BCUT2D eigenvalue weighted by Crippen LogP contribution is 2.25. The first-order valence-electron chi connectivity index (χ1n) is 6.49. The molecule has 1 N–H and O–H groups in total. The standard InChI is InChI=1S/C13H15N3O2S2/c1-9-14-15-13(19-9)16-20(17,18)12-7-6-10-4-2-3-5-11(10)8-12/h6-8H,2-5H2,1H3,(H,15,16). The van der Waals surface area contributed by atoms with E-state index >= 15 is 0 Å². The monoisotopic (exact) mass is 309 g/mol. The summed E-state index contributed by atoms with van der Waals surface area (Å²) in [6.45, 7) is 1.79. The number of sulfonamides is 1. The second-order valence-corrected chi connectivity index (χ2v) is 7.73. The summed E-state index contributed by atoms with van der Waals surface area (Å²) >= 11 is 1.23. The first-order chi connectivity index (χ1) is 9.54. The van der Waals surface area contributed by atoms with Crippen LogP contribution in [0, 0.1) is 6.92 Å². The van der Waals surface area contributed by atoms with Crippen molar-refractivity contribution in [3.63, 3.8) is 0 Å². The fourth-order valence-corrected chi connectivity index (χ4v) is 4.26. The predicted octanol–water partition coefficient (Wildman–Crippen LogP) is 2.53. The van der Waals surface area contributed by atoms with Crippen LogP contribution in [0.4, 0.5) is 5.13 Å². The Labute approximate surface area is 122 Å². The molecular weight excluding hydrogens is 294 g/mol. The van der Waals surface area contributed by atoms with E-state index in [-0.39, 0.29) is 0 Å². The fraction of sp³-hybridized carbons (Fsp3) is 0.385. The van der Waals surface area contributed by atoms with Crippen LogP contribution in [-0.4, -0.2) is 18.6 Å². The molecule has 0 saturated heterocycles. The summed E-state index contributed by atoms with van der Waals surface area (Å²) < 4.78 is 27.1. The molecule has 0 saturated carbocycles. The van der Waals surface area contributed by atoms with Crippen molar-refractivity contribution in [2.45, 2.75) is 37.5 Å².